The van der Waals surface area contributed by atoms with Gasteiger partial charge in [-0.2, -0.15) is 0 Å². The van der Waals surface area contributed by atoms with Crippen molar-refractivity contribution in [3.05, 3.63) is 52.6 Å². The van der Waals surface area contributed by atoms with Crippen LogP contribution in [0.4, 0.5) is 27.6 Å². The molecule has 0 aromatic heterocycles. The lowest BCUT2D eigenvalue weighted by Gasteiger charge is -2.43. The number of benzene rings is 2. The molecule has 5 rings (SSSR count). The van der Waals surface area contributed by atoms with Crippen molar-refractivity contribution in [3.8, 4) is 11.5 Å². The number of aliphatic hydroxyl groups excluding tert-OH is 1. The summed E-state index contributed by atoms with van der Waals surface area (Å²) in [5.74, 6) is -5.29. The number of fused-ring (bicyclic) bond motifs is 2. The molecule has 2 aromatic rings. The fraction of sp³-hybridized carbons (Fsp3) is 0.586. The van der Waals surface area contributed by atoms with Crippen molar-refractivity contribution in [1.82, 2.24) is 9.80 Å². The van der Waals surface area contributed by atoms with Gasteiger partial charge in [0.15, 0.2) is 11.5 Å². The van der Waals surface area contributed by atoms with Crippen LogP contribution in [0.3, 0.4) is 0 Å². The van der Waals surface area contributed by atoms with Crippen LogP contribution >= 0.6 is 0 Å². The fourth-order valence-electron chi connectivity index (χ4n) is 6.11. The Morgan fingerprint density at radius 1 is 1.10 bits per heavy atom. The number of nitrogens with zero attached hydrogens (tertiary/aromatic N) is 2. The van der Waals surface area contributed by atoms with Gasteiger partial charge in [-0.3, -0.25) is 9.29 Å². The van der Waals surface area contributed by atoms with Gasteiger partial charge in [-0.05, 0) is 61.6 Å². The topological polar surface area (TPSA) is 57.2 Å². The van der Waals surface area contributed by atoms with Crippen molar-refractivity contribution >= 4 is 5.69 Å². The molecule has 3 atom stereocenters. The van der Waals surface area contributed by atoms with Crippen LogP contribution in [-0.4, -0.2) is 78.2 Å². The standard InChI is InChI=1S/C29H36F5N3O3/c1-17-9-18-10-24-25(40-28(2,3)39-24)13-21(18)27(37(17)15-29(33,34)16-38)26-22(31)11-20(12-23(26)32)35-19-5-8-36(14-19)7-4-6-30/h10-13,17,19,27,35,38H,4-9,14-16H2,1-3H3/t17-,19+,27+/m1/s1. The molecule has 2 N–H and O–H groups in total. The lowest BCUT2D eigenvalue weighted by Crippen LogP contribution is -2.49. The van der Waals surface area contributed by atoms with Crippen LogP contribution in [0.1, 0.15) is 56.3 Å². The van der Waals surface area contributed by atoms with Crippen molar-refractivity contribution in [2.24, 2.45) is 0 Å². The van der Waals surface area contributed by atoms with Crippen molar-refractivity contribution in [2.45, 2.75) is 69.9 Å². The average Bonchev–Trinajstić information content (AvgIpc) is 3.44. The number of halogens is 5. The van der Waals surface area contributed by atoms with E-state index >= 15 is 8.78 Å². The molecule has 3 aliphatic heterocycles. The first-order chi connectivity index (χ1) is 18.9. The van der Waals surface area contributed by atoms with Crippen LogP contribution in [0.2, 0.25) is 0 Å². The van der Waals surface area contributed by atoms with Crippen molar-refractivity contribution in [1.29, 1.82) is 0 Å². The summed E-state index contributed by atoms with van der Waals surface area (Å²) in [5, 5.41) is 12.5. The monoisotopic (exact) mass is 569 g/mol. The molecule has 0 spiro atoms. The lowest BCUT2D eigenvalue weighted by molar-refractivity contribution is -0.0867. The van der Waals surface area contributed by atoms with E-state index in [0.717, 1.165) is 18.5 Å². The number of rotatable bonds is 9. The summed E-state index contributed by atoms with van der Waals surface area (Å²) in [6.45, 7) is 4.54. The maximum absolute atomic E-state index is 15.9. The first-order valence-electron chi connectivity index (χ1n) is 13.7. The minimum Gasteiger partial charge on any atom is -0.449 e. The minimum atomic E-state index is -3.48. The van der Waals surface area contributed by atoms with Gasteiger partial charge < -0.3 is 24.8 Å². The number of hydrogen-bond donors (Lipinski definition) is 2. The molecule has 0 amide bonds. The number of hydrogen-bond acceptors (Lipinski definition) is 6. The van der Waals surface area contributed by atoms with Gasteiger partial charge in [0.2, 0.25) is 5.79 Å². The number of ether oxygens (including phenoxy) is 2. The normalized spacial score (nSPS) is 24.4. The molecule has 11 heteroatoms. The van der Waals surface area contributed by atoms with Crippen LogP contribution in [0.5, 0.6) is 11.5 Å². The Hall–Kier alpha value is -2.63. The molecule has 3 aliphatic rings. The molecule has 0 radical (unpaired) electrons. The van der Waals surface area contributed by atoms with Crippen molar-refractivity contribution in [3.63, 3.8) is 0 Å². The number of likely N-dealkylation sites (tertiary alicyclic amines) is 1. The van der Waals surface area contributed by atoms with Crippen LogP contribution in [0, 0.1) is 11.6 Å². The summed E-state index contributed by atoms with van der Waals surface area (Å²) >= 11 is 0. The van der Waals surface area contributed by atoms with Crippen LogP contribution < -0.4 is 14.8 Å². The van der Waals surface area contributed by atoms with E-state index in [1.54, 1.807) is 32.9 Å². The Labute approximate surface area is 231 Å². The van der Waals surface area contributed by atoms with E-state index in [2.05, 4.69) is 10.2 Å². The first kappa shape index (κ1) is 28.9. The third-order valence-corrected chi connectivity index (χ3v) is 7.87. The quantitative estimate of drug-likeness (QED) is 0.401. The van der Waals surface area contributed by atoms with E-state index < -0.39 is 55.3 Å². The van der Waals surface area contributed by atoms with E-state index in [4.69, 9.17) is 9.47 Å². The largest absolute Gasteiger partial charge is 0.449 e. The highest BCUT2D eigenvalue weighted by atomic mass is 19.3. The number of alkyl halides is 3. The van der Waals surface area contributed by atoms with E-state index in [0.29, 0.717) is 43.0 Å². The molecule has 0 unspecified atom stereocenters. The molecule has 1 saturated heterocycles. The van der Waals surface area contributed by atoms with Crippen LogP contribution in [-0.2, 0) is 6.42 Å². The maximum atomic E-state index is 15.9. The van der Waals surface area contributed by atoms with E-state index in [1.807, 2.05) is 0 Å². The second-order valence-corrected chi connectivity index (χ2v) is 11.6. The highest BCUT2D eigenvalue weighted by Gasteiger charge is 2.44. The van der Waals surface area contributed by atoms with Gasteiger partial charge in [0.25, 0.3) is 5.92 Å². The van der Waals surface area contributed by atoms with E-state index in [-0.39, 0.29) is 17.3 Å². The maximum Gasteiger partial charge on any atom is 0.283 e. The molecule has 1 fully saturated rings. The molecule has 0 aliphatic carbocycles. The first-order valence-corrected chi connectivity index (χ1v) is 13.7. The van der Waals surface area contributed by atoms with Gasteiger partial charge in [-0.25, -0.2) is 17.6 Å². The van der Waals surface area contributed by atoms with Crippen molar-refractivity contribution in [2.75, 3.05) is 44.8 Å². The average molecular weight is 570 g/mol. The zero-order valence-corrected chi connectivity index (χ0v) is 23.0. The SMILES string of the molecule is C[C@@H]1Cc2cc3c(cc2[C@@H](c2c(F)cc(N[C@H]4CCN(CCCF)C4)cc2F)N1CC(F)(F)CO)OC(C)(C)O3. The van der Waals surface area contributed by atoms with E-state index in [1.165, 1.54) is 17.0 Å². The zero-order valence-electron chi connectivity index (χ0n) is 23.0. The highest BCUT2D eigenvalue weighted by Crippen LogP contribution is 2.48. The highest BCUT2D eigenvalue weighted by molar-refractivity contribution is 5.55. The third-order valence-electron chi connectivity index (χ3n) is 7.87. The number of aliphatic hydroxyl groups is 1. The van der Waals surface area contributed by atoms with E-state index in [9.17, 15) is 18.3 Å². The smallest absolute Gasteiger partial charge is 0.283 e. The molecule has 220 valence electrons. The molecule has 0 bridgehead atoms. The molecule has 40 heavy (non-hydrogen) atoms. The Morgan fingerprint density at radius 2 is 1.77 bits per heavy atom. The minimum absolute atomic E-state index is 0.0532. The molecule has 3 heterocycles. The Morgan fingerprint density at radius 3 is 2.42 bits per heavy atom. The summed E-state index contributed by atoms with van der Waals surface area (Å²) < 4.78 is 85.1. The summed E-state index contributed by atoms with van der Waals surface area (Å²) in [6, 6.07) is 4.00. The summed E-state index contributed by atoms with van der Waals surface area (Å²) in [5.41, 5.74) is 1.08. The van der Waals surface area contributed by atoms with Crippen molar-refractivity contribution < 1.29 is 36.5 Å². The summed E-state index contributed by atoms with van der Waals surface area (Å²) in [4.78, 5) is 3.45. The summed E-state index contributed by atoms with van der Waals surface area (Å²) in [6.07, 6.45) is 1.53. The third kappa shape index (κ3) is 5.87. The number of nitrogens with one attached hydrogen (secondary N) is 1. The zero-order chi connectivity index (χ0) is 28.8. The molecule has 2 aromatic carbocycles. The second-order valence-electron chi connectivity index (χ2n) is 11.6. The molecule has 0 saturated carbocycles. The Bertz CT molecular complexity index is 1220. The predicted molar refractivity (Wildman–Crippen MR) is 141 cm³/mol. The van der Waals surface area contributed by atoms with Crippen LogP contribution in [0.15, 0.2) is 24.3 Å². The molecular formula is C29H36F5N3O3. The predicted octanol–water partition coefficient (Wildman–Crippen LogP) is 5.28. The number of anilines is 1. The molecule has 6 nitrogen and oxygen atoms in total. The van der Waals surface area contributed by atoms with Crippen LogP contribution in [0.25, 0.3) is 0 Å². The summed E-state index contributed by atoms with van der Waals surface area (Å²) in [7, 11) is 0. The van der Waals surface area contributed by atoms with Gasteiger partial charge in [0.05, 0.1) is 19.3 Å². The van der Waals surface area contributed by atoms with Gasteiger partial charge in [-0.15, -0.1) is 0 Å². The van der Waals surface area contributed by atoms with Gasteiger partial charge in [0.1, 0.15) is 18.2 Å². The Kier molecular flexibility index (Phi) is 7.93. The molecular weight excluding hydrogens is 533 g/mol. The Balaban J connectivity index is 1.51. The fourth-order valence-corrected chi connectivity index (χ4v) is 6.11. The second kappa shape index (κ2) is 11.0. The van der Waals surface area contributed by atoms with Gasteiger partial charge in [-0.1, -0.05) is 0 Å². The van der Waals surface area contributed by atoms with Gasteiger partial charge in [0, 0.05) is 56.8 Å². The lowest BCUT2D eigenvalue weighted by atomic mass is 9.84. The van der Waals surface area contributed by atoms with Gasteiger partial charge >= 0.3 is 0 Å².